The van der Waals surface area contributed by atoms with Crippen LogP contribution in [0.3, 0.4) is 0 Å². The molecule has 0 heterocycles. The Kier molecular flexibility index (Phi) is 3.00. The van der Waals surface area contributed by atoms with E-state index in [9.17, 15) is 14.4 Å². The standard InChI is InChI=1S/C19H26O3/c1-18-7-5-11(20)9-15(18)16(21)10-12-13-3-4-17(22)19(13,2)8-6-14(12)18/h12-15H,3-10H2,1-2H3/t12-,13-,14+,15?,18+,19-/m0/s1. The molecule has 0 bridgehead atoms. The van der Waals surface area contributed by atoms with Crippen LogP contribution in [0.1, 0.15) is 65.2 Å². The van der Waals surface area contributed by atoms with Gasteiger partial charge >= 0.3 is 0 Å². The summed E-state index contributed by atoms with van der Waals surface area (Å²) in [6.07, 6.45) is 6.34. The summed E-state index contributed by atoms with van der Waals surface area (Å²) in [6.45, 7) is 4.41. The van der Waals surface area contributed by atoms with Crippen molar-refractivity contribution in [1.29, 1.82) is 0 Å². The smallest absolute Gasteiger partial charge is 0.139 e. The fourth-order valence-electron chi connectivity index (χ4n) is 6.61. The average molecular weight is 302 g/mol. The molecule has 0 saturated heterocycles. The van der Waals surface area contributed by atoms with Crippen LogP contribution in [0.2, 0.25) is 0 Å². The summed E-state index contributed by atoms with van der Waals surface area (Å²) in [5.41, 5.74) is -0.171. The molecule has 0 radical (unpaired) electrons. The van der Waals surface area contributed by atoms with E-state index < -0.39 is 0 Å². The van der Waals surface area contributed by atoms with E-state index in [1.54, 1.807) is 0 Å². The first-order valence-corrected chi connectivity index (χ1v) is 8.94. The summed E-state index contributed by atoms with van der Waals surface area (Å²) < 4.78 is 0. The maximum absolute atomic E-state index is 12.8. The van der Waals surface area contributed by atoms with Crippen molar-refractivity contribution in [3.63, 3.8) is 0 Å². The summed E-state index contributed by atoms with van der Waals surface area (Å²) in [7, 11) is 0. The Morgan fingerprint density at radius 2 is 1.68 bits per heavy atom. The molecule has 6 atom stereocenters. The molecule has 4 fully saturated rings. The lowest BCUT2D eigenvalue weighted by atomic mass is 9.45. The van der Waals surface area contributed by atoms with Crippen molar-refractivity contribution in [2.24, 2.45) is 34.5 Å². The molecule has 1 unspecified atom stereocenters. The van der Waals surface area contributed by atoms with Crippen LogP contribution in [0.5, 0.6) is 0 Å². The van der Waals surface area contributed by atoms with E-state index in [4.69, 9.17) is 0 Å². The second kappa shape index (κ2) is 4.52. The minimum Gasteiger partial charge on any atom is -0.300 e. The van der Waals surface area contributed by atoms with Gasteiger partial charge in [0.05, 0.1) is 0 Å². The lowest BCUT2D eigenvalue weighted by Gasteiger charge is -2.58. The number of hydrogen-bond donors (Lipinski definition) is 0. The molecule has 0 aromatic carbocycles. The summed E-state index contributed by atoms with van der Waals surface area (Å²) in [4.78, 5) is 37.0. The Morgan fingerprint density at radius 3 is 2.45 bits per heavy atom. The van der Waals surface area contributed by atoms with Gasteiger partial charge in [0.15, 0.2) is 0 Å². The first kappa shape index (κ1) is 14.6. The molecule has 0 N–H and O–H groups in total. The normalized spacial score (nSPS) is 51.3. The van der Waals surface area contributed by atoms with Crippen LogP contribution in [-0.4, -0.2) is 17.3 Å². The highest BCUT2D eigenvalue weighted by atomic mass is 16.1. The average Bonchev–Trinajstić information content (AvgIpc) is 2.77. The summed E-state index contributed by atoms with van der Waals surface area (Å²) >= 11 is 0. The predicted octanol–water partition coefficient (Wildman–Crippen LogP) is 3.35. The Hall–Kier alpha value is -0.990. The first-order valence-electron chi connectivity index (χ1n) is 8.94. The molecule has 4 aliphatic rings. The third-order valence-corrected chi connectivity index (χ3v) is 7.99. The van der Waals surface area contributed by atoms with Crippen LogP contribution >= 0.6 is 0 Å². The Bertz CT molecular complexity index is 565. The van der Waals surface area contributed by atoms with Gasteiger partial charge in [-0.05, 0) is 48.9 Å². The second-order valence-electron chi connectivity index (χ2n) is 8.77. The number of carbonyl (C=O) groups excluding carboxylic acids is 3. The van der Waals surface area contributed by atoms with Crippen molar-refractivity contribution in [2.75, 3.05) is 0 Å². The largest absolute Gasteiger partial charge is 0.300 e. The maximum atomic E-state index is 12.8. The highest BCUT2D eigenvalue weighted by molar-refractivity contribution is 5.91. The van der Waals surface area contributed by atoms with Crippen LogP contribution in [0.25, 0.3) is 0 Å². The summed E-state index contributed by atoms with van der Waals surface area (Å²) in [5.74, 6) is 2.27. The van der Waals surface area contributed by atoms with E-state index in [0.717, 1.165) is 25.7 Å². The van der Waals surface area contributed by atoms with Crippen LogP contribution < -0.4 is 0 Å². The molecule has 0 spiro atoms. The zero-order valence-corrected chi connectivity index (χ0v) is 13.7. The molecular formula is C19H26O3. The van der Waals surface area contributed by atoms with Crippen LogP contribution in [0.15, 0.2) is 0 Å². The second-order valence-corrected chi connectivity index (χ2v) is 8.77. The van der Waals surface area contributed by atoms with Gasteiger partial charge in [0.1, 0.15) is 17.3 Å². The highest BCUT2D eigenvalue weighted by Gasteiger charge is 2.62. The number of carbonyl (C=O) groups is 3. The molecule has 4 rings (SSSR count). The lowest BCUT2D eigenvalue weighted by Crippen LogP contribution is -2.56. The molecule has 3 heteroatoms. The highest BCUT2D eigenvalue weighted by Crippen LogP contribution is 2.64. The van der Waals surface area contributed by atoms with Crippen molar-refractivity contribution >= 4 is 17.3 Å². The van der Waals surface area contributed by atoms with Crippen molar-refractivity contribution in [1.82, 2.24) is 0 Å². The SMILES string of the molecule is C[C@]12CCC(=O)CC1C(=O)C[C@@H]1[C@H]2CC[C@]2(C)C(=O)CC[C@@H]12. The van der Waals surface area contributed by atoms with E-state index >= 15 is 0 Å². The van der Waals surface area contributed by atoms with Gasteiger partial charge in [-0.2, -0.15) is 0 Å². The Balaban J connectivity index is 1.71. The van der Waals surface area contributed by atoms with Gasteiger partial charge in [-0.25, -0.2) is 0 Å². The number of fused-ring (bicyclic) bond motifs is 5. The monoisotopic (exact) mass is 302 g/mol. The molecular weight excluding hydrogens is 276 g/mol. The molecule has 4 saturated carbocycles. The van der Waals surface area contributed by atoms with Crippen molar-refractivity contribution in [3.05, 3.63) is 0 Å². The first-order chi connectivity index (χ1) is 10.4. The summed E-state index contributed by atoms with van der Waals surface area (Å²) in [6, 6.07) is 0. The van der Waals surface area contributed by atoms with E-state index in [2.05, 4.69) is 13.8 Å². The van der Waals surface area contributed by atoms with Gasteiger partial charge in [0, 0.05) is 37.0 Å². The molecule has 0 amide bonds. The van der Waals surface area contributed by atoms with E-state index in [-0.39, 0.29) is 22.5 Å². The van der Waals surface area contributed by atoms with Crippen LogP contribution in [0, 0.1) is 34.5 Å². The lowest BCUT2D eigenvalue weighted by molar-refractivity contribution is -0.159. The van der Waals surface area contributed by atoms with Crippen LogP contribution in [-0.2, 0) is 14.4 Å². The molecule has 0 aliphatic heterocycles. The number of rotatable bonds is 0. The maximum Gasteiger partial charge on any atom is 0.139 e. The third-order valence-electron chi connectivity index (χ3n) is 7.99. The minimum atomic E-state index is -0.171. The zero-order chi connectivity index (χ0) is 15.7. The van der Waals surface area contributed by atoms with Gasteiger partial charge in [0.2, 0.25) is 0 Å². The third kappa shape index (κ3) is 1.71. The van der Waals surface area contributed by atoms with Gasteiger partial charge in [0.25, 0.3) is 0 Å². The van der Waals surface area contributed by atoms with E-state index in [0.29, 0.717) is 55.0 Å². The number of hydrogen-bond acceptors (Lipinski definition) is 3. The topological polar surface area (TPSA) is 51.2 Å². The fourth-order valence-corrected chi connectivity index (χ4v) is 6.61. The molecule has 4 aliphatic carbocycles. The quantitative estimate of drug-likeness (QED) is 0.689. The Labute approximate surface area is 132 Å². The van der Waals surface area contributed by atoms with Crippen LogP contribution in [0.4, 0.5) is 0 Å². The number of ketones is 3. The van der Waals surface area contributed by atoms with Gasteiger partial charge in [-0.15, -0.1) is 0 Å². The van der Waals surface area contributed by atoms with Crippen molar-refractivity contribution in [2.45, 2.75) is 65.2 Å². The summed E-state index contributed by atoms with van der Waals surface area (Å²) in [5, 5.41) is 0. The van der Waals surface area contributed by atoms with Crippen molar-refractivity contribution < 1.29 is 14.4 Å². The van der Waals surface area contributed by atoms with Gasteiger partial charge < -0.3 is 0 Å². The zero-order valence-electron chi connectivity index (χ0n) is 13.7. The molecule has 0 aromatic heterocycles. The number of Topliss-reactive ketones (excluding diaryl/α,β-unsaturated/α-hetero) is 3. The van der Waals surface area contributed by atoms with Crippen molar-refractivity contribution in [3.8, 4) is 0 Å². The van der Waals surface area contributed by atoms with E-state index in [1.807, 2.05) is 0 Å². The van der Waals surface area contributed by atoms with Gasteiger partial charge in [-0.3, -0.25) is 14.4 Å². The molecule has 22 heavy (non-hydrogen) atoms. The minimum absolute atomic E-state index is 0.000871. The van der Waals surface area contributed by atoms with E-state index in [1.165, 1.54) is 0 Å². The molecule has 3 nitrogen and oxygen atoms in total. The molecule has 120 valence electrons. The van der Waals surface area contributed by atoms with Gasteiger partial charge in [-0.1, -0.05) is 13.8 Å². The Morgan fingerprint density at radius 1 is 0.909 bits per heavy atom. The fraction of sp³-hybridized carbons (Fsp3) is 0.842. The molecule has 0 aromatic rings. The predicted molar refractivity (Wildman–Crippen MR) is 82.1 cm³/mol.